The minimum atomic E-state index is 0.167. The van der Waals surface area contributed by atoms with Crippen LogP contribution in [0.3, 0.4) is 0 Å². The lowest BCUT2D eigenvalue weighted by Crippen LogP contribution is -2.36. The molecule has 5 heterocycles. The number of carbonyl (C=O) groups is 1. The van der Waals surface area contributed by atoms with Crippen LogP contribution in [-0.4, -0.2) is 43.3 Å². The number of carbonyl (C=O) groups excluding carboxylic acids is 1. The first-order chi connectivity index (χ1) is 15.5. The molecule has 0 amide bonds. The summed E-state index contributed by atoms with van der Waals surface area (Å²) in [7, 11) is 1.88. The maximum absolute atomic E-state index is 11.6. The molecule has 8 heteroatoms. The molecule has 0 spiro atoms. The summed E-state index contributed by atoms with van der Waals surface area (Å²) in [5.74, 6) is 1.35. The van der Waals surface area contributed by atoms with Gasteiger partial charge in [-0.05, 0) is 38.0 Å². The van der Waals surface area contributed by atoms with Gasteiger partial charge in [0.2, 0.25) is 0 Å². The minimum Gasteiger partial charge on any atom is -0.357 e. The van der Waals surface area contributed by atoms with E-state index in [1.165, 1.54) is 0 Å². The number of Topliss-reactive ketones (excluding diaryl/α,β-unsaturated/α-hetero) is 1. The number of aryl methyl sites for hydroxylation is 1. The predicted molar refractivity (Wildman–Crippen MR) is 121 cm³/mol. The summed E-state index contributed by atoms with van der Waals surface area (Å²) >= 11 is 0. The highest BCUT2D eigenvalue weighted by Crippen LogP contribution is 2.32. The van der Waals surface area contributed by atoms with Crippen molar-refractivity contribution in [2.24, 2.45) is 13.0 Å². The highest BCUT2D eigenvalue weighted by molar-refractivity contribution is 5.87. The molecular formula is C24H23N7O. The highest BCUT2D eigenvalue weighted by atomic mass is 16.1. The number of nitriles is 1. The number of ketones is 1. The molecule has 8 nitrogen and oxygen atoms in total. The quantitative estimate of drug-likeness (QED) is 0.497. The van der Waals surface area contributed by atoms with Crippen LogP contribution in [0.25, 0.3) is 27.8 Å². The van der Waals surface area contributed by atoms with Crippen LogP contribution in [0.15, 0.2) is 49.2 Å². The van der Waals surface area contributed by atoms with E-state index in [1.807, 2.05) is 44.0 Å². The summed E-state index contributed by atoms with van der Waals surface area (Å²) < 4.78 is 3.51. The van der Waals surface area contributed by atoms with E-state index in [2.05, 4.69) is 27.2 Å². The van der Waals surface area contributed by atoms with Gasteiger partial charge >= 0.3 is 0 Å². The van der Waals surface area contributed by atoms with Crippen molar-refractivity contribution >= 4 is 17.1 Å². The van der Waals surface area contributed by atoms with Crippen molar-refractivity contribution in [3.05, 3.63) is 54.7 Å². The summed E-state index contributed by atoms with van der Waals surface area (Å²) in [5.41, 5.74) is 5.03. The number of piperidine rings is 1. The lowest BCUT2D eigenvalue weighted by molar-refractivity contribution is -0.121. The van der Waals surface area contributed by atoms with Gasteiger partial charge in [-0.25, -0.2) is 9.50 Å². The van der Waals surface area contributed by atoms with Crippen LogP contribution < -0.4 is 4.90 Å². The summed E-state index contributed by atoms with van der Waals surface area (Å²) in [6.07, 6.45) is 10.9. The Labute approximate surface area is 185 Å². The van der Waals surface area contributed by atoms with E-state index in [0.29, 0.717) is 5.56 Å². The average Bonchev–Trinajstić information content (AvgIpc) is 3.44. The Morgan fingerprint density at radius 1 is 1.06 bits per heavy atom. The molecule has 0 N–H and O–H groups in total. The van der Waals surface area contributed by atoms with Gasteiger partial charge in [0.05, 0.1) is 23.5 Å². The van der Waals surface area contributed by atoms with E-state index >= 15 is 0 Å². The number of anilines is 1. The summed E-state index contributed by atoms with van der Waals surface area (Å²) in [4.78, 5) is 18.6. The van der Waals surface area contributed by atoms with E-state index in [1.54, 1.807) is 22.3 Å². The van der Waals surface area contributed by atoms with Gasteiger partial charge in [0.25, 0.3) is 0 Å². The molecule has 160 valence electrons. The molecule has 0 bridgehead atoms. The molecule has 0 aromatic carbocycles. The second-order valence-corrected chi connectivity index (χ2v) is 8.29. The number of fused-ring (bicyclic) bond motifs is 1. The molecule has 0 unspecified atom stereocenters. The molecule has 1 fully saturated rings. The second-order valence-electron chi connectivity index (χ2n) is 8.29. The molecule has 1 saturated heterocycles. The number of rotatable bonds is 4. The largest absolute Gasteiger partial charge is 0.357 e. The third-order valence-corrected chi connectivity index (χ3v) is 6.22. The van der Waals surface area contributed by atoms with Crippen molar-refractivity contribution in [2.45, 2.75) is 19.8 Å². The molecule has 0 aliphatic carbocycles. The summed E-state index contributed by atoms with van der Waals surface area (Å²) in [5, 5.41) is 18.3. The van der Waals surface area contributed by atoms with E-state index in [-0.39, 0.29) is 11.7 Å². The van der Waals surface area contributed by atoms with Crippen LogP contribution in [0, 0.1) is 17.2 Å². The fourth-order valence-electron chi connectivity index (χ4n) is 4.40. The van der Waals surface area contributed by atoms with Crippen molar-refractivity contribution in [3.8, 4) is 28.3 Å². The zero-order valence-electron chi connectivity index (χ0n) is 18.1. The van der Waals surface area contributed by atoms with Crippen LogP contribution in [0.4, 0.5) is 5.82 Å². The maximum Gasteiger partial charge on any atom is 0.133 e. The maximum atomic E-state index is 11.6. The Balaban J connectivity index is 1.52. The lowest BCUT2D eigenvalue weighted by Gasteiger charge is -2.31. The molecule has 32 heavy (non-hydrogen) atoms. The number of hydrogen-bond donors (Lipinski definition) is 0. The first kappa shape index (κ1) is 19.9. The number of aromatic nitrogens is 5. The van der Waals surface area contributed by atoms with Gasteiger partial charge in [-0.1, -0.05) is 0 Å². The Kier molecular flexibility index (Phi) is 4.94. The lowest BCUT2D eigenvalue weighted by atomic mass is 9.93. The van der Waals surface area contributed by atoms with Crippen molar-refractivity contribution in [1.82, 2.24) is 24.4 Å². The predicted octanol–water partition coefficient (Wildman–Crippen LogP) is 3.47. The van der Waals surface area contributed by atoms with Crippen LogP contribution >= 0.6 is 0 Å². The first-order valence-electron chi connectivity index (χ1n) is 10.7. The molecule has 1 aliphatic heterocycles. The Hall–Kier alpha value is -3.99. The minimum absolute atomic E-state index is 0.167. The average molecular weight is 425 g/mol. The normalized spacial score (nSPS) is 14.6. The third-order valence-electron chi connectivity index (χ3n) is 6.22. The first-order valence-corrected chi connectivity index (χ1v) is 10.7. The molecule has 0 radical (unpaired) electrons. The molecule has 5 rings (SSSR count). The summed E-state index contributed by atoms with van der Waals surface area (Å²) in [6, 6.07) is 8.35. The monoisotopic (exact) mass is 425 g/mol. The zero-order chi connectivity index (χ0) is 22.2. The van der Waals surface area contributed by atoms with E-state index in [9.17, 15) is 10.1 Å². The molecule has 0 atom stereocenters. The van der Waals surface area contributed by atoms with Crippen LogP contribution in [0.1, 0.15) is 25.3 Å². The number of nitrogens with zero attached hydrogens (tertiary/aromatic N) is 7. The van der Waals surface area contributed by atoms with Crippen molar-refractivity contribution in [2.75, 3.05) is 18.0 Å². The van der Waals surface area contributed by atoms with E-state index in [4.69, 9.17) is 4.98 Å². The van der Waals surface area contributed by atoms with Gasteiger partial charge < -0.3 is 4.90 Å². The molecular weight excluding hydrogens is 402 g/mol. The van der Waals surface area contributed by atoms with Gasteiger partial charge in [0, 0.05) is 66.9 Å². The topological polar surface area (TPSA) is 92.1 Å². The van der Waals surface area contributed by atoms with Crippen LogP contribution in [0.5, 0.6) is 0 Å². The second kappa shape index (κ2) is 7.93. The smallest absolute Gasteiger partial charge is 0.133 e. The molecule has 4 aromatic rings. The highest BCUT2D eigenvalue weighted by Gasteiger charge is 2.23. The van der Waals surface area contributed by atoms with Crippen molar-refractivity contribution in [3.63, 3.8) is 0 Å². The molecule has 0 saturated carbocycles. The third kappa shape index (κ3) is 3.52. The standard InChI is InChI=1S/C24H23N7O/c1-16(32)17-5-7-30(8-6-17)23-4-3-18(11-26-23)22-9-19(21-13-27-29(2)14-21)15-31-24(22)20(10-25)12-28-31/h3-4,9,11-15,17H,5-8H2,1-2H3. The Morgan fingerprint density at radius 2 is 1.88 bits per heavy atom. The fourth-order valence-corrected chi connectivity index (χ4v) is 4.40. The van der Waals surface area contributed by atoms with Crippen LogP contribution in [-0.2, 0) is 11.8 Å². The number of pyridine rings is 2. The summed E-state index contributed by atoms with van der Waals surface area (Å²) in [6.45, 7) is 3.34. The zero-order valence-corrected chi connectivity index (χ0v) is 18.1. The molecule has 4 aromatic heterocycles. The van der Waals surface area contributed by atoms with E-state index < -0.39 is 0 Å². The van der Waals surface area contributed by atoms with Crippen molar-refractivity contribution in [1.29, 1.82) is 5.26 Å². The van der Waals surface area contributed by atoms with Gasteiger partial charge in [0.15, 0.2) is 0 Å². The van der Waals surface area contributed by atoms with Gasteiger partial charge in [0.1, 0.15) is 17.7 Å². The SMILES string of the molecule is CC(=O)C1CCN(c2ccc(-c3cc(-c4cnn(C)c4)cn4ncc(C#N)c34)cn2)CC1. The van der Waals surface area contributed by atoms with Gasteiger partial charge in [-0.3, -0.25) is 9.48 Å². The van der Waals surface area contributed by atoms with E-state index in [0.717, 1.165) is 59.5 Å². The Bertz CT molecular complexity index is 1340. The number of hydrogen-bond acceptors (Lipinski definition) is 6. The fraction of sp³-hybridized carbons (Fsp3) is 0.292. The van der Waals surface area contributed by atoms with Crippen molar-refractivity contribution < 1.29 is 4.79 Å². The van der Waals surface area contributed by atoms with Gasteiger partial charge in [-0.2, -0.15) is 15.5 Å². The van der Waals surface area contributed by atoms with Crippen LogP contribution in [0.2, 0.25) is 0 Å². The van der Waals surface area contributed by atoms with Gasteiger partial charge in [-0.15, -0.1) is 0 Å². The Morgan fingerprint density at radius 3 is 2.50 bits per heavy atom. The molecule has 1 aliphatic rings.